The van der Waals surface area contributed by atoms with Gasteiger partial charge in [-0.3, -0.25) is 14.5 Å². The fourth-order valence-corrected chi connectivity index (χ4v) is 3.81. The smallest absolute Gasteiger partial charge is 0.294 e. The summed E-state index contributed by atoms with van der Waals surface area (Å²) in [6.45, 7) is 3.63. The summed E-state index contributed by atoms with van der Waals surface area (Å²) in [5.41, 5.74) is 4.26. The second-order valence-electron chi connectivity index (χ2n) is 8.18. The number of carbonyl (C=O) groups is 2. The number of anilines is 1. The van der Waals surface area contributed by atoms with Gasteiger partial charge < -0.3 is 14.8 Å². The first-order valence-corrected chi connectivity index (χ1v) is 11.3. The minimum absolute atomic E-state index is 0.140. The van der Waals surface area contributed by atoms with Crippen LogP contribution in [-0.2, 0) is 16.1 Å². The zero-order valence-corrected chi connectivity index (χ0v) is 19.4. The number of fused-ring (bicyclic) bond motifs is 1. The second kappa shape index (κ2) is 10.8. The van der Waals surface area contributed by atoms with Crippen molar-refractivity contribution in [2.24, 2.45) is 0 Å². The first-order valence-electron chi connectivity index (χ1n) is 11.3. The lowest BCUT2D eigenvalue weighted by Crippen LogP contribution is -2.36. The highest BCUT2D eigenvalue weighted by molar-refractivity contribution is 6.09. The van der Waals surface area contributed by atoms with Crippen LogP contribution in [0.15, 0.2) is 78.6 Å². The lowest BCUT2D eigenvalue weighted by atomic mass is 10.1. The largest absolute Gasteiger partial charge is 0.449 e. The van der Waals surface area contributed by atoms with E-state index < -0.39 is 0 Å². The molecule has 0 fully saturated rings. The number of ether oxygens (including phenoxy) is 2. The molecule has 0 atom stereocenters. The number of nitrogens with one attached hydrogen (secondary N) is 1. The van der Waals surface area contributed by atoms with Crippen LogP contribution in [0.4, 0.5) is 5.69 Å². The van der Waals surface area contributed by atoms with Crippen molar-refractivity contribution in [1.29, 1.82) is 0 Å². The Kier molecular flexibility index (Phi) is 7.40. The molecule has 174 valence electrons. The lowest BCUT2D eigenvalue weighted by Gasteiger charge is -2.30. The summed E-state index contributed by atoms with van der Waals surface area (Å²) >= 11 is 0. The molecule has 34 heavy (non-hydrogen) atoms. The van der Waals surface area contributed by atoms with E-state index in [9.17, 15) is 9.59 Å². The van der Waals surface area contributed by atoms with Crippen molar-refractivity contribution in [3.05, 3.63) is 101 Å². The predicted octanol–water partition coefficient (Wildman–Crippen LogP) is 4.73. The first kappa shape index (κ1) is 23.3. The molecule has 4 rings (SSSR count). The van der Waals surface area contributed by atoms with Crippen LogP contribution in [0.5, 0.6) is 5.75 Å². The molecule has 1 N–H and O–H groups in total. The van der Waals surface area contributed by atoms with Crippen LogP contribution in [-0.4, -0.2) is 32.1 Å². The van der Waals surface area contributed by atoms with Crippen molar-refractivity contribution in [3.63, 3.8) is 0 Å². The van der Waals surface area contributed by atoms with E-state index in [2.05, 4.69) is 11.4 Å². The van der Waals surface area contributed by atoms with Crippen LogP contribution in [0.2, 0.25) is 0 Å². The third-order valence-electron chi connectivity index (χ3n) is 5.54. The zero-order valence-electron chi connectivity index (χ0n) is 19.4. The summed E-state index contributed by atoms with van der Waals surface area (Å²) in [4.78, 5) is 27.4. The molecule has 1 aliphatic rings. The number of aryl methyl sites for hydroxylation is 1. The molecule has 0 saturated carbocycles. The number of methoxy groups -OCH3 is 1. The molecule has 1 heterocycles. The molecule has 6 nitrogen and oxygen atoms in total. The van der Waals surface area contributed by atoms with Gasteiger partial charge in [-0.1, -0.05) is 54.1 Å². The molecular weight excluding hydrogens is 428 g/mol. The standard InChI is InChI=1S/C28H28N2O4/c1-20-7-5-8-22(17-20)19-30-24-9-3-4-10-25(24)34-26(28(30)32)18-21-11-13-23(14-12-21)27(31)29-15-6-16-33-2/h3-5,7-14,17-18H,6,15-16,19H2,1-2H3,(H,29,31)/b26-18+. The highest BCUT2D eigenvalue weighted by Gasteiger charge is 2.30. The minimum atomic E-state index is -0.208. The van der Waals surface area contributed by atoms with E-state index in [4.69, 9.17) is 9.47 Å². The number of hydrogen-bond acceptors (Lipinski definition) is 4. The van der Waals surface area contributed by atoms with Crippen molar-refractivity contribution < 1.29 is 19.1 Å². The van der Waals surface area contributed by atoms with Gasteiger partial charge in [0.2, 0.25) is 0 Å². The van der Waals surface area contributed by atoms with Crippen LogP contribution in [0.3, 0.4) is 0 Å². The number of carbonyl (C=O) groups excluding carboxylic acids is 2. The molecule has 6 heteroatoms. The van der Waals surface area contributed by atoms with Gasteiger partial charge in [-0.25, -0.2) is 0 Å². The van der Waals surface area contributed by atoms with Gasteiger partial charge in [-0.05, 0) is 54.8 Å². The number of hydrogen-bond donors (Lipinski definition) is 1. The monoisotopic (exact) mass is 456 g/mol. The first-order chi connectivity index (χ1) is 16.5. The van der Waals surface area contributed by atoms with Crippen LogP contribution >= 0.6 is 0 Å². The van der Waals surface area contributed by atoms with Crippen LogP contribution < -0.4 is 15.0 Å². The Balaban J connectivity index is 1.54. The minimum Gasteiger partial charge on any atom is -0.449 e. The fraction of sp³-hybridized carbons (Fsp3) is 0.214. The van der Waals surface area contributed by atoms with Crippen molar-refractivity contribution in [2.75, 3.05) is 25.2 Å². The third-order valence-corrected chi connectivity index (χ3v) is 5.54. The van der Waals surface area contributed by atoms with E-state index in [0.717, 1.165) is 28.8 Å². The van der Waals surface area contributed by atoms with Gasteiger partial charge in [0.15, 0.2) is 11.5 Å². The van der Waals surface area contributed by atoms with E-state index in [1.807, 2.05) is 49.4 Å². The van der Waals surface area contributed by atoms with Gasteiger partial charge in [-0.2, -0.15) is 0 Å². The van der Waals surface area contributed by atoms with Crippen molar-refractivity contribution in [2.45, 2.75) is 19.9 Å². The van der Waals surface area contributed by atoms with Gasteiger partial charge in [-0.15, -0.1) is 0 Å². The number of nitrogens with zero attached hydrogens (tertiary/aromatic N) is 1. The molecule has 0 bridgehead atoms. The Morgan fingerprint density at radius 1 is 1.06 bits per heavy atom. The Morgan fingerprint density at radius 2 is 1.85 bits per heavy atom. The molecule has 0 aromatic heterocycles. The molecule has 0 radical (unpaired) electrons. The topological polar surface area (TPSA) is 67.9 Å². The van der Waals surface area contributed by atoms with E-state index in [1.165, 1.54) is 0 Å². The number of para-hydroxylation sites is 2. The number of benzene rings is 3. The second-order valence-corrected chi connectivity index (χ2v) is 8.18. The van der Waals surface area contributed by atoms with Crippen molar-refractivity contribution in [1.82, 2.24) is 5.32 Å². The van der Waals surface area contributed by atoms with E-state index in [0.29, 0.717) is 31.0 Å². The van der Waals surface area contributed by atoms with Crippen LogP contribution in [0, 0.1) is 6.92 Å². The van der Waals surface area contributed by atoms with Gasteiger partial charge in [0.25, 0.3) is 11.8 Å². The molecule has 0 saturated heterocycles. The molecule has 0 unspecified atom stereocenters. The Labute approximate surface area is 199 Å². The summed E-state index contributed by atoms with van der Waals surface area (Å²) < 4.78 is 11.0. The Morgan fingerprint density at radius 3 is 2.62 bits per heavy atom. The quantitative estimate of drug-likeness (QED) is 0.393. The maximum absolute atomic E-state index is 13.4. The molecule has 3 aromatic carbocycles. The molecule has 2 amide bonds. The van der Waals surface area contributed by atoms with E-state index in [1.54, 1.807) is 42.4 Å². The average Bonchev–Trinajstić information content (AvgIpc) is 2.85. The van der Waals surface area contributed by atoms with Crippen LogP contribution in [0.1, 0.15) is 33.5 Å². The average molecular weight is 457 g/mol. The fourth-order valence-electron chi connectivity index (χ4n) is 3.81. The van der Waals surface area contributed by atoms with E-state index in [-0.39, 0.29) is 17.6 Å². The summed E-state index contributed by atoms with van der Waals surface area (Å²) in [7, 11) is 1.64. The van der Waals surface area contributed by atoms with Gasteiger partial charge in [0.1, 0.15) is 0 Å². The summed E-state index contributed by atoms with van der Waals surface area (Å²) in [6.07, 6.45) is 2.47. The molecule has 0 spiro atoms. The Bertz CT molecular complexity index is 1200. The van der Waals surface area contributed by atoms with Crippen molar-refractivity contribution >= 4 is 23.6 Å². The highest BCUT2D eigenvalue weighted by Crippen LogP contribution is 2.36. The SMILES string of the molecule is COCCCNC(=O)c1ccc(/C=C2/Oc3ccccc3N(Cc3cccc(C)c3)C2=O)cc1. The predicted molar refractivity (Wildman–Crippen MR) is 133 cm³/mol. The van der Waals surface area contributed by atoms with Crippen LogP contribution in [0.25, 0.3) is 6.08 Å². The molecule has 1 aliphatic heterocycles. The van der Waals surface area contributed by atoms with Gasteiger partial charge in [0.05, 0.1) is 12.2 Å². The number of rotatable bonds is 8. The summed E-state index contributed by atoms with van der Waals surface area (Å²) in [5, 5.41) is 2.87. The van der Waals surface area contributed by atoms with E-state index >= 15 is 0 Å². The molecular formula is C28H28N2O4. The molecule has 3 aromatic rings. The zero-order chi connectivity index (χ0) is 23.9. The third kappa shape index (κ3) is 5.53. The normalized spacial score (nSPS) is 14.0. The maximum Gasteiger partial charge on any atom is 0.294 e. The van der Waals surface area contributed by atoms with Gasteiger partial charge in [0, 0.05) is 25.8 Å². The molecule has 0 aliphatic carbocycles. The van der Waals surface area contributed by atoms with Crippen molar-refractivity contribution in [3.8, 4) is 5.75 Å². The Hall–Kier alpha value is -3.90. The van der Waals surface area contributed by atoms with Gasteiger partial charge >= 0.3 is 0 Å². The number of amides is 2. The maximum atomic E-state index is 13.4. The summed E-state index contributed by atoms with van der Waals surface area (Å²) in [6, 6.07) is 22.7. The lowest BCUT2D eigenvalue weighted by molar-refractivity contribution is -0.117. The summed E-state index contributed by atoms with van der Waals surface area (Å²) in [5.74, 6) is 0.523. The highest BCUT2D eigenvalue weighted by atomic mass is 16.5.